The zero-order valence-electron chi connectivity index (χ0n) is 18.1. The number of benzene rings is 3. The number of fused-ring (bicyclic) bond motifs is 1. The molecule has 3 aromatic carbocycles. The van der Waals surface area contributed by atoms with Crippen molar-refractivity contribution < 1.29 is 14.3 Å². The van der Waals surface area contributed by atoms with Gasteiger partial charge in [-0.2, -0.15) is 0 Å². The van der Waals surface area contributed by atoms with Crippen LogP contribution in [0, 0.1) is 0 Å². The maximum atomic E-state index is 12.6. The third kappa shape index (κ3) is 4.89. The van der Waals surface area contributed by atoms with E-state index in [0.29, 0.717) is 43.7 Å². The molecule has 1 heterocycles. The van der Waals surface area contributed by atoms with E-state index in [0.717, 1.165) is 27.6 Å². The van der Waals surface area contributed by atoms with E-state index in [2.05, 4.69) is 22.8 Å². The van der Waals surface area contributed by atoms with Crippen molar-refractivity contribution in [1.29, 1.82) is 0 Å². The van der Waals surface area contributed by atoms with Crippen LogP contribution < -0.4 is 15.4 Å². The predicted octanol–water partition coefficient (Wildman–Crippen LogP) is 4.79. The lowest BCUT2D eigenvalue weighted by Gasteiger charge is -2.30. The molecule has 0 radical (unpaired) electrons. The smallest absolute Gasteiger partial charge is 0.220 e. The molecular formula is C26H27ClN2O3. The molecule has 3 aromatic rings. The first-order valence-corrected chi connectivity index (χ1v) is 11.2. The molecule has 2 N–H and O–H groups in total. The number of hydrogen-bond acceptors (Lipinski definition) is 3. The Bertz CT molecular complexity index is 1150. The third-order valence-corrected chi connectivity index (χ3v) is 6.59. The van der Waals surface area contributed by atoms with Crippen LogP contribution in [0.4, 0.5) is 0 Å². The molecule has 0 aromatic heterocycles. The second kappa shape index (κ2) is 9.61. The van der Waals surface area contributed by atoms with Gasteiger partial charge in [-0.1, -0.05) is 60.1 Å². The number of methoxy groups -OCH3 is 1. The number of nitrogens with one attached hydrogen (secondary N) is 2. The molecule has 1 atom stereocenters. The van der Waals surface area contributed by atoms with Crippen LogP contribution in [0.5, 0.6) is 5.75 Å². The van der Waals surface area contributed by atoms with Crippen LogP contribution in [-0.2, 0) is 22.6 Å². The highest BCUT2D eigenvalue weighted by Gasteiger charge is 2.38. The van der Waals surface area contributed by atoms with Crippen LogP contribution in [0.3, 0.4) is 0 Å². The van der Waals surface area contributed by atoms with Gasteiger partial charge in [0.25, 0.3) is 0 Å². The molecule has 6 heteroatoms. The van der Waals surface area contributed by atoms with E-state index in [1.807, 2.05) is 48.5 Å². The molecule has 166 valence electrons. The average molecular weight is 451 g/mol. The minimum atomic E-state index is -0.434. The van der Waals surface area contributed by atoms with Crippen LogP contribution in [0.1, 0.15) is 36.8 Å². The van der Waals surface area contributed by atoms with Crippen LogP contribution >= 0.6 is 11.6 Å². The predicted molar refractivity (Wildman–Crippen MR) is 127 cm³/mol. The van der Waals surface area contributed by atoms with Crippen molar-refractivity contribution >= 4 is 34.2 Å². The summed E-state index contributed by atoms with van der Waals surface area (Å²) in [5.74, 6) is 0.817. The normalized spacial score (nSPS) is 17.9. The van der Waals surface area contributed by atoms with Gasteiger partial charge in [-0.15, -0.1) is 0 Å². The molecule has 2 amide bonds. The number of carbonyl (C=O) groups is 2. The van der Waals surface area contributed by atoms with Crippen LogP contribution in [0.25, 0.3) is 10.8 Å². The fourth-order valence-corrected chi connectivity index (χ4v) is 4.69. The number of rotatable bonds is 8. The summed E-state index contributed by atoms with van der Waals surface area (Å²) in [6, 6.07) is 19.6. The van der Waals surface area contributed by atoms with Crippen molar-refractivity contribution in [3.8, 4) is 5.75 Å². The summed E-state index contributed by atoms with van der Waals surface area (Å²) in [6.45, 7) is 0.390. The lowest BCUT2D eigenvalue weighted by Crippen LogP contribution is -2.44. The number of ether oxygens (including phenoxy) is 1. The molecule has 0 spiro atoms. The molecule has 1 aliphatic rings. The van der Waals surface area contributed by atoms with Gasteiger partial charge < -0.3 is 15.4 Å². The van der Waals surface area contributed by atoms with Crippen molar-refractivity contribution in [2.75, 3.05) is 7.11 Å². The molecule has 1 aliphatic heterocycles. The minimum absolute atomic E-state index is 0.0410. The van der Waals surface area contributed by atoms with Crippen molar-refractivity contribution in [2.45, 2.75) is 44.2 Å². The Morgan fingerprint density at radius 3 is 2.53 bits per heavy atom. The number of amides is 2. The summed E-state index contributed by atoms with van der Waals surface area (Å²) in [4.78, 5) is 24.7. The van der Waals surface area contributed by atoms with E-state index >= 15 is 0 Å². The van der Waals surface area contributed by atoms with Gasteiger partial charge in [0.05, 0.1) is 7.11 Å². The fraction of sp³-hybridized carbons (Fsp3) is 0.308. The SMILES string of the molecule is COc1ccc(CC2(CCC(=O)NCc3ccccc3Cl)CCC(=O)N2)c2ccccc12. The van der Waals surface area contributed by atoms with Gasteiger partial charge in [0.1, 0.15) is 5.75 Å². The van der Waals surface area contributed by atoms with Crippen molar-refractivity contribution in [2.24, 2.45) is 0 Å². The molecule has 0 aliphatic carbocycles. The molecule has 32 heavy (non-hydrogen) atoms. The van der Waals surface area contributed by atoms with Gasteiger partial charge in [0.15, 0.2) is 0 Å². The highest BCUT2D eigenvalue weighted by atomic mass is 35.5. The molecular weight excluding hydrogens is 424 g/mol. The van der Waals surface area contributed by atoms with Crippen LogP contribution in [0.2, 0.25) is 5.02 Å². The van der Waals surface area contributed by atoms with E-state index in [4.69, 9.17) is 16.3 Å². The summed E-state index contributed by atoms with van der Waals surface area (Å²) in [5, 5.41) is 8.91. The van der Waals surface area contributed by atoms with Gasteiger partial charge in [-0.25, -0.2) is 0 Å². The molecule has 4 rings (SSSR count). The Morgan fingerprint density at radius 1 is 1.06 bits per heavy atom. The molecule has 1 unspecified atom stereocenters. The molecule has 0 bridgehead atoms. The average Bonchev–Trinajstić information content (AvgIpc) is 3.18. The summed E-state index contributed by atoms with van der Waals surface area (Å²) in [5.41, 5.74) is 1.59. The van der Waals surface area contributed by atoms with E-state index in [9.17, 15) is 9.59 Å². The van der Waals surface area contributed by atoms with Gasteiger partial charge in [0.2, 0.25) is 11.8 Å². The van der Waals surface area contributed by atoms with Gasteiger partial charge in [0, 0.05) is 35.3 Å². The summed E-state index contributed by atoms with van der Waals surface area (Å²) in [6.07, 6.45) is 2.77. The quantitative estimate of drug-likeness (QED) is 0.518. The van der Waals surface area contributed by atoms with E-state index in [-0.39, 0.29) is 11.8 Å². The molecule has 0 saturated carbocycles. The Balaban J connectivity index is 1.48. The second-order valence-corrected chi connectivity index (χ2v) is 8.75. The van der Waals surface area contributed by atoms with Crippen molar-refractivity contribution in [3.05, 3.63) is 76.8 Å². The maximum absolute atomic E-state index is 12.6. The van der Waals surface area contributed by atoms with E-state index in [1.54, 1.807) is 7.11 Å². The summed E-state index contributed by atoms with van der Waals surface area (Å²) >= 11 is 6.18. The molecule has 1 fully saturated rings. The highest BCUT2D eigenvalue weighted by Crippen LogP contribution is 2.35. The Morgan fingerprint density at radius 2 is 1.81 bits per heavy atom. The molecule has 1 saturated heterocycles. The van der Waals surface area contributed by atoms with Crippen LogP contribution in [0.15, 0.2) is 60.7 Å². The lowest BCUT2D eigenvalue weighted by atomic mass is 9.83. The standard InChI is InChI=1S/C26H27ClN2O3/c1-32-23-11-10-18(20-7-3-4-8-21(20)23)16-26(15-13-25(31)29-26)14-12-24(30)28-17-19-6-2-5-9-22(19)27/h2-11H,12-17H2,1H3,(H,28,30)(H,29,31). The summed E-state index contributed by atoms with van der Waals surface area (Å²) in [7, 11) is 1.67. The Labute approximate surface area is 193 Å². The summed E-state index contributed by atoms with van der Waals surface area (Å²) < 4.78 is 5.51. The fourth-order valence-electron chi connectivity index (χ4n) is 4.49. The highest BCUT2D eigenvalue weighted by molar-refractivity contribution is 6.31. The maximum Gasteiger partial charge on any atom is 0.220 e. The zero-order chi connectivity index (χ0) is 22.6. The van der Waals surface area contributed by atoms with E-state index in [1.165, 1.54) is 0 Å². The lowest BCUT2D eigenvalue weighted by molar-refractivity contribution is -0.122. The Hall–Kier alpha value is -3.05. The monoisotopic (exact) mass is 450 g/mol. The minimum Gasteiger partial charge on any atom is -0.496 e. The first-order chi connectivity index (χ1) is 15.5. The topological polar surface area (TPSA) is 67.4 Å². The molecule has 5 nitrogen and oxygen atoms in total. The Kier molecular flexibility index (Phi) is 6.66. The van der Waals surface area contributed by atoms with Gasteiger partial charge in [-0.05, 0) is 47.9 Å². The number of halogens is 1. The first kappa shape index (κ1) is 22.2. The number of carbonyl (C=O) groups excluding carboxylic acids is 2. The van der Waals surface area contributed by atoms with Crippen LogP contribution in [-0.4, -0.2) is 24.5 Å². The van der Waals surface area contributed by atoms with Crippen molar-refractivity contribution in [1.82, 2.24) is 10.6 Å². The van der Waals surface area contributed by atoms with Crippen molar-refractivity contribution in [3.63, 3.8) is 0 Å². The third-order valence-electron chi connectivity index (χ3n) is 6.22. The number of hydrogen-bond donors (Lipinski definition) is 2. The van der Waals surface area contributed by atoms with Gasteiger partial charge >= 0.3 is 0 Å². The van der Waals surface area contributed by atoms with E-state index < -0.39 is 5.54 Å². The van der Waals surface area contributed by atoms with Gasteiger partial charge in [-0.3, -0.25) is 9.59 Å². The zero-order valence-corrected chi connectivity index (χ0v) is 18.9. The second-order valence-electron chi connectivity index (χ2n) is 8.35. The largest absolute Gasteiger partial charge is 0.496 e. The first-order valence-electron chi connectivity index (χ1n) is 10.9.